The molecular weight excluding hydrogens is 533 g/mol. The summed E-state index contributed by atoms with van der Waals surface area (Å²) in [6.07, 6.45) is 5.25. The summed E-state index contributed by atoms with van der Waals surface area (Å²) in [5, 5.41) is 9.57. The zero-order valence-corrected chi connectivity index (χ0v) is 23.6. The lowest BCUT2D eigenvalue weighted by Gasteiger charge is -2.41. The van der Waals surface area contributed by atoms with E-state index < -0.39 is 5.82 Å². The van der Waals surface area contributed by atoms with Gasteiger partial charge in [-0.3, -0.25) is 4.79 Å². The van der Waals surface area contributed by atoms with Crippen LogP contribution in [0.25, 0.3) is 0 Å². The van der Waals surface area contributed by atoms with Crippen LogP contribution < -0.4 is 14.5 Å². The van der Waals surface area contributed by atoms with Gasteiger partial charge in [-0.05, 0) is 57.5 Å². The van der Waals surface area contributed by atoms with Crippen molar-refractivity contribution in [2.45, 2.75) is 50.7 Å². The number of carbonyl (C=O) groups excluding carboxylic acids is 1. The number of fused-ring (bicyclic) bond motifs is 1. The van der Waals surface area contributed by atoms with Crippen molar-refractivity contribution in [3.05, 3.63) is 53.0 Å². The van der Waals surface area contributed by atoms with E-state index in [1.54, 1.807) is 11.0 Å². The number of carbonyl (C=O) groups is 1. The highest BCUT2D eigenvalue weighted by Gasteiger charge is 2.33. The van der Waals surface area contributed by atoms with Gasteiger partial charge in [0.15, 0.2) is 0 Å². The predicted molar refractivity (Wildman–Crippen MR) is 152 cm³/mol. The molecule has 2 atom stereocenters. The van der Waals surface area contributed by atoms with Crippen LogP contribution in [-0.4, -0.2) is 84.1 Å². The highest BCUT2D eigenvalue weighted by atomic mass is 35.5. The first-order valence-electron chi connectivity index (χ1n) is 13.9. The Morgan fingerprint density at radius 3 is 2.83 bits per heavy atom. The van der Waals surface area contributed by atoms with Gasteiger partial charge in [-0.25, -0.2) is 4.39 Å². The quantitative estimate of drug-likeness (QED) is 0.467. The number of rotatable bonds is 7. The summed E-state index contributed by atoms with van der Waals surface area (Å²) in [4.78, 5) is 30.5. The van der Waals surface area contributed by atoms with Crippen LogP contribution in [0.3, 0.4) is 0 Å². The Morgan fingerprint density at radius 2 is 2.08 bits per heavy atom. The fourth-order valence-corrected chi connectivity index (χ4v) is 6.20. The number of nitrogens with zero attached hydrogens (tertiary/aromatic N) is 7. The lowest BCUT2D eigenvalue weighted by molar-refractivity contribution is -0.128. The van der Waals surface area contributed by atoms with Crippen molar-refractivity contribution >= 4 is 29.0 Å². The maximum Gasteiger partial charge on any atom is 0.318 e. The van der Waals surface area contributed by atoms with E-state index in [0.717, 1.165) is 49.3 Å². The molecule has 1 aromatic heterocycles. The highest BCUT2D eigenvalue weighted by molar-refractivity contribution is 6.33. The number of ether oxygens (including phenoxy) is 1. The number of likely N-dealkylation sites (tertiary alicyclic amines) is 1. The molecule has 1 aromatic carbocycles. The molecule has 11 heteroatoms. The molecule has 0 saturated carbocycles. The number of benzene rings is 1. The first-order chi connectivity index (χ1) is 19.4. The first kappa shape index (κ1) is 28.1. The SMILES string of the molecule is C=CC(=O)N1CCN(c2nc(OC[C@@H]3CCCN3C)nc3c2CCCN(c2cccc(F)c2Cl)C3)CC1CC#N. The Kier molecular flexibility index (Phi) is 8.72. The molecule has 2 aromatic rings. The van der Waals surface area contributed by atoms with Crippen molar-refractivity contribution in [1.82, 2.24) is 19.8 Å². The van der Waals surface area contributed by atoms with E-state index in [-0.39, 0.29) is 23.4 Å². The lowest BCUT2D eigenvalue weighted by Crippen LogP contribution is -2.55. The van der Waals surface area contributed by atoms with Gasteiger partial charge in [0, 0.05) is 37.8 Å². The van der Waals surface area contributed by atoms with Crippen LogP contribution in [0.15, 0.2) is 30.9 Å². The van der Waals surface area contributed by atoms with E-state index in [2.05, 4.69) is 34.4 Å². The van der Waals surface area contributed by atoms with E-state index in [1.807, 2.05) is 6.07 Å². The highest BCUT2D eigenvalue weighted by Crippen LogP contribution is 2.35. The third-order valence-electron chi connectivity index (χ3n) is 8.16. The van der Waals surface area contributed by atoms with Gasteiger partial charge >= 0.3 is 6.01 Å². The summed E-state index contributed by atoms with van der Waals surface area (Å²) >= 11 is 6.37. The number of piperazine rings is 1. The summed E-state index contributed by atoms with van der Waals surface area (Å²) in [6.45, 7) is 7.78. The first-order valence-corrected chi connectivity index (χ1v) is 14.2. The number of halogens is 2. The second kappa shape index (κ2) is 12.4. The molecule has 40 heavy (non-hydrogen) atoms. The van der Waals surface area contributed by atoms with Crippen LogP contribution in [0.4, 0.5) is 15.9 Å². The topological polar surface area (TPSA) is 88.8 Å². The molecule has 2 fully saturated rings. The fourth-order valence-electron chi connectivity index (χ4n) is 5.95. The van der Waals surface area contributed by atoms with Crippen molar-refractivity contribution in [2.75, 3.05) is 56.2 Å². The third kappa shape index (κ3) is 5.86. The molecule has 2 saturated heterocycles. The Labute approximate surface area is 239 Å². The Hall–Kier alpha value is -3.42. The standard InChI is InChI=1S/C29H35ClFN7O2/c1-3-26(39)38-16-15-37(17-20(38)11-12-32)28-22-8-6-14-36(25-10-4-9-23(31)27(25)30)18-24(22)33-29(34-28)40-19-21-7-5-13-35(21)2/h3-4,9-10,20-21H,1,5-8,11,13-19H2,2H3/t20?,21-/m0/s1. The van der Waals surface area contributed by atoms with Crippen LogP contribution in [-0.2, 0) is 17.8 Å². The van der Waals surface area contributed by atoms with Crippen LogP contribution >= 0.6 is 11.6 Å². The van der Waals surface area contributed by atoms with Crippen LogP contribution in [0, 0.1) is 17.1 Å². The number of hydrogen-bond acceptors (Lipinski definition) is 8. The van der Waals surface area contributed by atoms with Crippen molar-refractivity contribution in [3.63, 3.8) is 0 Å². The number of likely N-dealkylation sites (N-methyl/N-ethyl adjacent to an activating group) is 1. The number of hydrogen-bond donors (Lipinski definition) is 0. The second-order valence-electron chi connectivity index (χ2n) is 10.6. The van der Waals surface area contributed by atoms with Crippen molar-refractivity contribution < 1.29 is 13.9 Å². The molecule has 1 unspecified atom stereocenters. The zero-order valence-electron chi connectivity index (χ0n) is 22.9. The van der Waals surface area contributed by atoms with Gasteiger partial charge in [0.25, 0.3) is 0 Å². The normalized spacial score (nSPS) is 21.5. The number of amides is 1. The number of nitriles is 1. The third-order valence-corrected chi connectivity index (χ3v) is 8.54. The maximum absolute atomic E-state index is 14.3. The van der Waals surface area contributed by atoms with E-state index in [1.165, 1.54) is 12.1 Å². The average molecular weight is 568 g/mol. The summed E-state index contributed by atoms with van der Waals surface area (Å²) < 4.78 is 20.5. The van der Waals surface area contributed by atoms with E-state index in [9.17, 15) is 14.4 Å². The van der Waals surface area contributed by atoms with E-state index >= 15 is 0 Å². The van der Waals surface area contributed by atoms with Crippen LogP contribution in [0.5, 0.6) is 6.01 Å². The molecule has 1 amide bonds. The van der Waals surface area contributed by atoms with Crippen LogP contribution in [0.1, 0.15) is 36.9 Å². The molecule has 9 nitrogen and oxygen atoms in total. The average Bonchev–Trinajstić information content (AvgIpc) is 3.25. The van der Waals surface area contributed by atoms with Gasteiger partial charge in [-0.2, -0.15) is 15.2 Å². The van der Waals surface area contributed by atoms with Gasteiger partial charge in [0.1, 0.15) is 18.2 Å². The minimum absolute atomic E-state index is 0.100. The van der Waals surface area contributed by atoms with Gasteiger partial charge in [-0.1, -0.05) is 24.2 Å². The molecule has 3 aliphatic rings. The second-order valence-corrected chi connectivity index (χ2v) is 11.0. The molecule has 0 aliphatic carbocycles. The molecule has 5 rings (SSSR count). The molecule has 3 aliphatic heterocycles. The molecule has 212 valence electrons. The number of aromatic nitrogens is 2. The predicted octanol–water partition coefficient (Wildman–Crippen LogP) is 3.81. The summed E-state index contributed by atoms with van der Waals surface area (Å²) in [5.41, 5.74) is 2.47. The maximum atomic E-state index is 14.3. The Balaban J connectivity index is 1.49. The molecular formula is C29H35ClFN7O2. The summed E-state index contributed by atoms with van der Waals surface area (Å²) in [7, 11) is 2.10. The molecule has 0 spiro atoms. The lowest BCUT2D eigenvalue weighted by atomic mass is 10.1. The van der Waals surface area contributed by atoms with E-state index in [0.29, 0.717) is 57.1 Å². The van der Waals surface area contributed by atoms with Gasteiger partial charge < -0.3 is 24.3 Å². The van der Waals surface area contributed by atoms with E-state index in [4.69, 9.17) is 26.3 Å². The summed E-state index contributed by atoms with van der Waals surface area (Å²) in [5.74, 6) is 0.154. The molecule has 0 radical (unpaired) electrons. The van der Waals surface area contributed by atoms with Gasteiger partial charge in [0.05, 0.1) is 41.5 Å². The minimum Gasteiger partial charge on any atom is -0.462 e. The molecule has 0 bridgehead atoms. The minimum atomic E-state index is -0.452. The van der Waals surface area contributed by atoms with Crippen molar-refractivity contribution in [3.8, 4) is 12.1 Å². The van der Waals surface area contributed by atoms with Crippen LogP contribution in [0.2, 0.25) is 5.02 Å². The molecule has 4 heterocycles. The largest absolute Gasteiger partial charge is 0.462 e. The molecule has 0 N–H and O–H groups in total. The monoisotopic (exact) mass is 567 g/mol. The Bertz CT molecular complexity index is 1300. The smallest absolute Gasteiger partial charge is 0.318 e. The van der Waals surface area contributed by atoms with Crippen molar-refractivity contribution in [2.24, 2.45) is 0 Å². The Morgan fingerprint density at radius 1 is 1.23 bits per heavy atom. The fraction of sp³-hybridized carbons (Fsp3) is 0.517. The van der Waals surface area contributed by atoms with Gasteiger partial charge in [0.2, 0.25) is 5.91 Å². The summed E-state index contributed by atoms with van der Waals surface area (Å²) in [6, 6.07) is 7.42. The van der Waals surface area contributed by atoms with Crippen molar-refractivity contribution in [1.29, 1.82) is 5.26 Å². The zero-order chi connectivity index (χ0) is 28.2. The number of anilines is 2. The van der Waals surface area contributed by atoms with Gasteiger partial charge in [-0.15, -0.1) is 0 Å².